The Kier molecular flexibility index (Phi) is 8.87. The van der Waals surface area contributed by atoms with Crippen molar-refractivity contribution in [3.8, 4) is 17.2 Å². The second-order valence-corrected chi connectivity index (χ2v) is 8.20. The highest BCUT2D eigenvalue weighted by molar-refractivity contribution is 5.82. The van der Waals surface area contributed by atoms with Crippen LogP contribution in [0, 0.1) is 0 Å². The number of aromatic nitrogens is 1. The van der Waals surface area contributed by atoms with E-state index in [1.165, 1.54) is 0 Å². The summed E-state index contributed by atoms with van der Waals surface area (Å²) in [7, 11) is 0. The zero-order valence-corrected chi connectivity index (χ0v) is 20.0. The number of amides is 2. The quantitative estimate of drug-likeness (QED) is 0.246. The lowest BCUT2D eigenvalue weighted by molar-refractivity contribution is -0.139. The summed E-state index contributed by atoms with van der Waals surface area (Å²) < 4.78 is 11.3. The summed E-state index contributed by atoms with van der Waals surface area (Å²) in [6.07, 6.45) is 2.30. The molecule has 2 amide bonds. The fourth-order valence-electron chi connectivity index (χ4n) is 3.51. The third-order valence-electron chi connectivity index (χ3n) is 5.41. The summed E-state index contributed by atoms with van der Waals surface area (Å²) in [6.45, 7) is 0.570. The van der Waals surface area contributed by atoms with Crippen molar-refractivity contribution in [1.29, 1.82) is 0 Å². The van der Waals surface area contributed by atoms with Gasteiger partial charge in [-0.05, 0) is 35.4 Å². The van der Waals surface area contributed by atoms with Crippen molar-refractivity contribution in [1.82, 2.24) is 15.8 Å². The van der Waals surface area contributed by atoms with Gasteiger partial charge in [0, 0.05) is 18.4 Å². The molecule has 4 aromatic rings. The van der Waals surface area contributed by atoms with Crippen LogP contribution in [0.15, 0.2) is 95.6 Å². The third kappa shape index (κ3) is 7.94. The third-order valence-corrected chi connectivity index (χ3v) is 5.41. The fraction of sp³-hybridized carbons (Fsp3) is 0.179. The summed E-state index contributed by atoms with van der Waals surface area (Å²) in [5.41, 5.74) is 5.52. The number of nitrogens with zero attached hydrogens (tertiary/aromatic N) is 1. The maximum absolute atomic E-state index is 12.1. The van der Waals surface area contributed by atoms with Crippen LogP contribution in [-0.4, -0.2) is 34.7 Å². The van der Waals surface area contributed by atoms with Gasteiger partial charge in [-0.15, -0.1) is 0 Å². The smallest absolute Gasteiger partial charge is 0.339 e. The molecular formula is C28H27N3O6. The summed E-state index contributed by atoms with van der Waals surface area (Å²) in [6, 6.07) is 24.1. The van der Waals surface area contributed by atoms with E-state index in [1.54, 1.807) is 30.5 Å². The van der Waals surface area contributed by atoms with Crippen LogP contribution in [0.4, 0.5) is 4.79 Å². The molecule has 3 N–H and O–H groups in total. The number of urea groups is 1. The molecule has 0 radical (unpaired) electrons. The minimum atomic E-state index is -1.15. The molecule has 37 heavy (non-hydrogen) atoms. The number of benzene rings is 3. The Labute approximate surface area is 214 Å². The largest absolute Gasteiger partial charge is 0.493 e. The summed E-state index contributed by atoms with van der Waals surface area (Å²) in [4.78, 5) is 33.3. The first-order valence-electron chi connectivity index (χ1n) is 11.7. The van der Waals surface area contributed by atoms with E-state index in [0.29, 0.717) is 24.7 Å². The Morgan fingerprint density at radius 3 is 2.32 bits per heavy atom. The Hall–Kier alpha value is -4.63. The number of oxazole rings is 1. The van der Waals surface area contributed by atoms with Crippen molar-refractivity contribution in [3.05, 3.63) is 108 Å². The highest BCUT2D eigenvalue weighted by atomic mass is 16.7. The van der Waals surface area contributed by atoms with Crippen molar-refractivity contribution in [2.75, 3.05) is 6.61 Å². The molecular weight excluding hydrogens is 474 g/mol. The van der Waals surface area contributed by atoms with E-state index < -0.39 is 18.0 Å². The molecule has 0 aliphatic heterocycles. The molecule has 0 aliphatic carbocycles. The number of hydrogen-bond donors (Lipinski definition) is 3. The molecule has 0 aliphatic rings. The van der Waals surface area contributed by atoms with Crippen molar-refractivity contribution in [2.45, 2.75) is 25.5 Å². The van der Waals surface area contributed by atoms with E-state index in [9.17, 15) is 14.7 Å². The van der Waals surface area contributed by atoms with Crippen molar-refractivity contribution in [3.63, 3.8) is 0 Å². The van der Waals surface area contributed by atoms with Crippen LogP contribution in [0.2, 0.25) is 0 Å². The fourth-order valence-corrected chi connectivity index (χ4v) is 3.51. The molecule has 0 bridgehead atoms. The number of ether oxygens (including phenoxy) is 1. The molecule has 190 valence electrons. The average molecular weight is 502 g/mol. The van der Waals surface area contributed by atoms with Gasteiger partial charge >= 0.3 is 12.0 Å². The van der Waals surface area contributed by atoms with E-state index in [0.717, 1.165) is 22.4 Å². The van der Waals surface area contributed by atoms with Crippen LogP contribution < -0.4 is 15.5 Å². The van der Waals surface area contributed by atoms with Gasteiger partial charge in [-0.2, -0.15) is 0 Å². The number of carbonyl (C=O) groups is 2. The molecule has 1 heterocycles. The lowest BCUT2D eigenvalue weighted by atomic mass is 10.1. The first-order chi connectivity index (χ1) is 18.1. The lowest BCUT2D eigenvalue weighted by Crippen LogP contribution is -2.47. The van der Waals surface area contributed by atoms with Gasteiger partial charge in [-0.25, -0.2) is 20.1 Å². The van der Waals surface area contributed by atoms with E-state index >= 15 is 0 Å². The Balaban J connectivity index is 1.21. The molecule has 0 fully saturated rings. The Bertz CT molecular complexity index is 1280. The van der Waals surface area contributed by atoms with E-state index in [2.05, 4.69) is 15.8 Å². The summed E-state index contributed by atoms with van der Waals surface area (Å²) >= 11 is 0. The summed E-state index contributed by atoms with van der Waals surface area (Å²) in [5, 5.41) is 11.9. The molecule has 0 unspecified atom stereocenters. The molecule has 1 atom stereocenters. The number of nitrogens with one attached hydrogen (secondary N) is 2. The van der Waals surface area contributed by atoms with Crippen LogP contribution in [0.1, 0.15) is 16.8 Å². The van der Waals surface area contributed by atoms with Crippen LogP contribution >= 0.6 is 0 Å². The number of carboxylic acid groups (broad SMARTS) is 1. The zero-order chi connectivity index (χ0) is 25.9. The predicted octanol–water partition coefficient (Wildman–Crippen LogP) is 4.39. The topological polar surface area (TPSA) is 123 Å². The highest BCUT2D eigenvalue weighted by Crippen LogP contribution is 2.19. The number of hydroxylamine groups is 1. The van der Waals surface area contributed by atoms with E-state index in [-0.39, 0.29) is 13.0 Å². The number of rotatable bonds is 12. The van der Waals surface area contributed by atoms with Crippen molar-refractivity contribution < 1.29 is 28.7 Å². The lowest BCUT2D eigenvalue weighted by Gasteiger charge is -2.15. The first kappa shape index (κ1) is 25.5. The zero-order valence-electron chi connectivity index (χ0n) is 20.0. The minimum Gasteiger partial charge on any atom is -0.493 e. The maximum atomic E-state index is 12.1. The van der Waals surface area contributed by atoms with Crippen LogP contribution in [0.3, 0.4) is 0 Å². The average Bonchev–Trinajstić information content (AvgIpc) is 3.39. The minimum absolute atomic E-state index is 0.100. The van der Waals surface area contributed by atoms with Gasteiger partial charge in [0.2, 0.25) is 5.89 Å². The summed E-state index contributed by atoms with van der Waals surface area (Å²) in [5.74, 6) is 0.0569. The van der Waals surface area contributed by atoms with E-state index in [4.69, 9.17) is 14.0 Å². The monoisotopic (exact) mass is 501 g/mol. The number of carbonyl (C=O) groups excluding carboxylic acids is 1. The van der Waals surface area contributed by atoms with Crippen LogP contribution in [0.5, 0.6) is 5.75 Å². The number of aliphatic carboxylic acids is 1. The number of hydrogen-bond acceptors (Lipinski definition) is 6. The predicted molar refractivity (Wildman–Crippen MR) is 136 cm³/mol. The highest BCUT2D eigenvalue weighted by Gasteiger charge is 2.20. The standard InChI is InChI=1S/C28H27N3O6/c32-27(33)25(30-28(34)31-37-18-21-7-3-1-4-8-21)17-20-11-13-24(14-12-20)35-16-15-23-19-36-26(29-23)22-9-5-2-6-10-22/h1-14,19,25H,15-18H2,(H,32,33)(H2,30,31,34)/t25-/m0/s1. The molecule has 9 heteroatoms. The molecule has 9 nitrogen and oxygen atoms in total. The van der Waals surface area contributed by atoms with Gasteiger partial charge < -0.3 is 19.6 Å². The normalized spacial score (nSPS) is 11.5. The van der Waals surface area contributed by atoms with Gasteiger partial charge in [0.25, 0.3) is 0 Å². The first-order valence-corrected chi connectivity index (χ1v) is 11.7. The van der Waals surface area contributed by atoms with Gasteiger partial charge in [0.05, 0.1) is 18.9 Å². The molecule has 4 rings (SSSR count). The maximum Gasteiger partial charge on any atom is 0.339 e. The Morgan fingerprint density at radius 2 is 1.62 bits per heavy atom. The second-order valence-electron chi connectivity index (χ2n) is 8.20. The van der Waals surface area contributed by atoms with Gasteiger partial charge in [-0.3, -0.25) is 4.84 Å². The molecule has 3 aromatic carbocycles. The second kappa shape index (κ2) is 12.9. The Morgan fingerprint density at radius 1 is 0.919 bits per heavy atom. The molecule has 0 spiro atoms. The van der Waals surface area contributed by atoms with Crippen molar-refractivity contribution >= 4 is 12.0 Å². The van der Waals surface area contributed by atoms with E-state index in [1.807, 2.05) is 60.7 Å². The van der Waals surface area contributed by atoms with Gasteiger partial charge in [0.15, 0.2) is 0 Å². The SMILES string of the molecule is O=C(NOCc1ccccc1)N[C@@H](Cc1ccc(OCCc2coc(-c3ccccc3)n2)cc1)C(=O)O. The van der Waals surface area contributed by atoms with Crippen LogP contribution in [0.25, 0.3) is 11.5 Å². The van der Waals surface area contributed by atoms with Crippen molar-refractivity contribution in [2.24, 2.45) is 0 Å². The van der Waals surface area contributed by atoms with Crippen LogP contribution in [-0.2, 0) is 29.1 Å². The number of carboxylic acids is 1. The van der Waals surface area contributed by atoms with Gasteiger partial charge in [-0.1, -0.05) is 60.7 Å². The molecule has 1 aromatic heterocycles. The molecule has 0 saturated heterocycles. The molecule has 0 saturated carbocycles. The van der Waals surface area contributed by atoms with Gasteiger partial charge in [0.1, 0.15) is 18.1 Å².